The van der Waals surface area contributed by atoms with Crippen LogP contribution in [-0.2, 0) is 0 Å². The zero-order chi connectivity index (χ0) is 24.5. The summed E-state index contributed by atoms with van der Waals surface area (Å²) in [4.78, 5) is 9.86. The molecule has 0 bridgehead atoms. The van der Waals surface area contributed by atoms with E-state index in [9.17, 15) is 0 Å². The summed E-state index contributed by atoms with van der Waals surface area (Å²) in [6, 6.07) is 35.4. The fourth-order valence-electron chi connectivity index (χ4n) is 4.59. The van der Waals surface area contributed by atoms with Gasteiger partial charge in [0, 0.05) is 10.9 Å². The van der Waals surface area contributed by atoms with E-state index in [0.717, 1.165) is 38.9 Å². The van der Waals surface area contributed by atoms with Gasteiger partial charge in [0.1, 0.15) is 16.8 Å². The van der Waals surface area contributed by atoms with Gasteiger partial charge in [0.15, 0.2) is 11.4 Å². The van der Waals surface area contributed by atoms with Gasteiger partial charge in [-0.1, -0.05) is 104 Å². The highest BCUT2D eigenvalue weighted by Crippen LogP contribution is 2.34. The van der Waals surface area contributed by atoms with Crippen molar-refractivity contribution >= 4 is 27.6 Å². The summed E-state index contributed by atoms with van der Waals surface area (Å²) in [6.45, 7) is 5.95. The van der Waals surface area contributed by atoms with Crippen molar-refractivity contribution in [2.45, 2.75) is 6.92 Å². The molecule has 2 heterocycles. The number of hydrogen-bond donors (Lipinski definition) is 0. The van der Waals surface area contributed by atoms with Crippen LogP contribution in [0.3, 0.4) is 0 Å². The summed E-state index contributed by atoms with van der Waals surface area (Å²) in [7, 11) is 0. The van der Waals surface area contributed by atoms with E-state index < -0.39 is 0 Å². The lowest BCUT2D eigenvalue weighted by molar-refractivity contribution is 0.664. The highest BCUT2D eigenvalue weighted by atomic mass is 16.3. The minimum atomic E-state index is 0.662. The van der Waals surface area contributed by atoms with E-state index in [-0.39, 0.29) is 0 Å². The maximum atomic E-state index is 6.17. The largest absolute Gasteiger partial charge is 0.452 e. The first-order valence-corrected chi connectivity index (χ1v) is 12.0. The minimum absolute atomic E-state index is 0.662. The molecule has 4 aromatic carbocycles. The molecule has 0 spiro atoms. The standard InChI is InChI=1S/C33H24N2O/c1-3-22(4-2)30-32-31(28-15-8-9-16-29(28)36-32)35-33(34-30)25-19-17-24(18-20-25)27-14-10-13-26(21-27)23-11-6-5-7-12-23/h3-21H,1H2,2H3. The number of aromatic nitrogens is 2. The van der Waals surface area contributed by atoms with Gasteiger partial charge in [-0.2, -0.15) is 0 Å². The average Bonchev–Trinajstić information content (AvgIpc) is 3.33. The lowest BCUT2D eigenvalue weighted by Gasteiger charge is -2.09. The Balaban J connectivity index is 1.44. The van der Waals surface area contributed by atoms with Gasteiger partial charge in [-0.05, 0) is 52.9 Å². The Morgan fingerprint density at radius 3 is 2.06 bits per heavy atom. The van der Waals surface area contributed by atoms with E-state index in [1.807, 2.05) is 49.4 Å². The molecular weight excluding hydrogens is 440 g/mol. The predicted molar refractivity (Wildman–Crippen MR) is 149 cm³/mol. The van der Waals surface area contributed by atoms with E-state index in [1.54, 1.807) is 0 Å². The molecule has 0 amide bonds. The second kappa shape index (κ2) is 9.12. The molecule has 0 radical (unpaired) electrons. The summed E-state index contributed by atoms with van der Waals surface area (Å²) in [5.74, 6) is 0.662. The summed E-state index contributed by atoms with van der Waals surface area (Å²) in [6.07, 6.45) is 3.80. The SMILES string of the molecule is C=CC(=CC)c1nc(-c2ccc(-c3cccc(-c4ccccc4)c3)cc2)nc2c1oc1ccccc12. The topological polar surface area (TPSA) is 38.9 Å². The first-order valence-electron chi connectivity index (χ1n) is 12.0. The van der Waals surface area contributed by atoms with E-state index >= 15 is 0 Å². The van der Waals surface area contributed by atoms with Gasteiger partial charge in [-0.3, -0.25) is 0 Å². The molecule has 6 aromatic rings. The summed E-state index contributed by atoms with van der Waals surface area (Å²) < 4.78 is 6.17. The molecule has 0 saturated carbocycles. The van der Waals surface area contributed by atoms with Crippen molar-refractivity contribution in [1.29, 1.82) is 0 Å². The van der Waals surface area contributed by atoms with Crippen LogP contribution in [0.5, 0.6) is 0 Å². The number of nitrogens with zero attached hydrogens (tertiary/aromatic N) is 2. The van der Waals surface area contributed by atoms with Crippen molar-refractivity contribution in [3.63, 3.8) is 0 Å². The molecule has 0 saturated heterocycles. The third-order valence-electron chi connectivity index (χ3n) is 6.47. The maximum absolute atomic E-state index is 6.17. The molecule has 0 N–H and O–H groups in total. The molecule has 3 nitrogen and oxygen atoms in total. The van der Waals surface area contributed by atoms with Crippen molar-refractivity contribution < 1.29 is 4.42 Å². The fraction of sp³-hybridized carbons (Fsp3) is 0.0303. The second-order valence-corrected chi connectivity index (χ2v) is 8.64. The van der Waals surface area contributed by atoms with Crippen molar-refractivity contribution in [3.8, 4) is 33.6 Å². The van der Waals surface area contributed by atoms with E-state index in [4.69, 9.17) is 14.4 Å². The summed E-state index contributed by atoms with van der Waals surface area (Å²) in [5, 5.41) is 0.978. The summed E-state index contributed by atoms with van der Waals surface area (Å²) >= 11 is 0. The Morgan fingerprint density at radius 1 is 0.694 bits per heavy atom. The molecule has 0 aliphatic rings. The molecule has 0 fully saturated rings. The number of furan rings is 1. The van der Waals surface area contributed by atoms with Gasteiger partial charge in [0.25, 0.3) is 0 Å². The molecule has 172 valence electrons. The van der Waals surface area contributed by atoms with Crippen LogP contribution in [0, 0.1) is 0 Å². The van der Waals surface area contributed by atoms with Gasteiger partial charge >= 0.3 is 0 Å². The van der Waals surface area contributed by atoms with Crippen LogP contribution in [-0.4, -0.2) is 9.97 Å². The van der Waals surface area contributed by atoms with E-state index in [1.165, 1.54) is 16.7 Å². The van der Waals surface area contributed by atoms with E-state index in [2.05, 4.69) is 79.4 Å². The maximum Gasteiger partial charge on any atom is 0.180 e. The van der Waals surface area contributed by atoms with Crippen molar-refractivity contribution in [1.82, 2.24) is 9.97 Å². The molecule has 3 heteroatoms. The van der Waals surface area contributed by atoms with Crippen LogP contribution < -0.4 is 0 Å². The van der Waals surface area contributed by atoms with Gasteiger partial charge < -0.3 is 4.42 Å². The molecule has 2 aromatic heterocycles. The Hall–Kier alpha value is -4.76. The Bertz CT molecular complexity index is 1740. The molecule has 0 aliphatic heterocycles. The van der Waals surface area contributed by atoms with Gasteiger partial charge in [-0.25, -0.2) is 9.97 Å². The lowest BCUT2D eigenvalue weighted by Crippen LogP contribution is -1.96. The molecule has 36 heavy (non-hydrogen) atoms. The number of fused-ring (bicyclic) bond motifs is 3. The quantitative estimate of drug-likeness (QED) is 0.239. The van der Waals surface area contributed by atoms with Gasteiger partial charge in [-0.15, -0.1) is 0 Å². The molecular formula is C33H24N2O. The molecule has 6 rings (SSSR count). The van der Waals surface area contributed by atoms with Crippen molar-refractivity contribution in [2.24, 2.45) is 0 Å². The highest BCUT2D eigenvalue weighted by Gasteiger charge is 2.18. The molecule has 0 atom stereocenters. The molecule has 0 unspecified atom stereocenters. The normalized spacial score (nSPS) is 11.8. The van der Waals surface area contributed by atoms with Crippen molar-refractivity contribution in [3.05, 3.63) is 128 Å². The first-order chi connectivity index (χ1) is 17.7. The van der Waals surface area contributed by atoms with Gasteiger partial charge in [0.2, 0.25) is 0 Å². The number of rotatable bonds is 5. The third kappa shape index (κ3) is 3.81. The highest BCUT2D eigenvalue weighted by molar-refractivity contribution is 6.06. The van der Waals surface area contributed by atoms with E-state index in [0.29, 0.717) is 11.4 Å². The number of para-hydroxylation sites is 1. The Labute approximate surface area is 210 Å². The first kappa shape index (κ1) is 21.8. The predicted octanol–water partition coefficient (Wildman–Crippen LogP) is 8.97. The Morgan fingerprint density at radius 2 is 1.33 bits per heavy atom. The van der Waals surface area contributed by atoms with Crippen molar-refractivity contribution in [2.75, 3.05) is 0 Å². The third-order valence-corrected chi connectivity index (χ3v) is 6.47. The van der Waals surface area contributed by atoms with Crippen LogP contribution in [0.4, 0.5) is 0 Å². The van der Waals surface area contributed by atoms with Gasteiger partial charge in [0.05, 0.1) is 0 Å². The summed E-state index contributed by atoms with van der Waals surface area (Å²) in [5.41, 5.74) is 9.63. The second-order valence-electron chi connectivity index (χ2n) is 8.64. The van der Waals surface area contributed by atoms with Crippen LogP contribution in [0.25, 0.3) is 61.3 Å². The average molecular weight is 465 g/mol. The number of benzene rings is 4. The smallest absolute Gasteiger partial charge is 0.180 e. The Kier molecular flexibility index (Phi) is 5.51. The van der Waals surface area contributed by atoms with Crippen LogP contribution in [0.2, 0.25) is 0 Å². The zero-order valence-electron chi connectivity index (χ0n) is 20.0. The zero-order valence-corrected chi connectivity index (χ0v) is 20.0. The van der Waals surface area contributed by atoms with Crippen LogP contribution in [0.1, 0.15) is 12.6 Å². The number of allylic oxidation sites excluding steroid dienone is 3. The van der Waals surface area contributed by atoms with Crippen LogP contribution >= 0.6 is 0 Å². The monoisotopic (exact) mass is 464 g/mol. The number of hydrogen-bond acceptors (Lipinski definition) is 3. The van der Waals surface area contributed by atoms with Crippen LogP contribution in [0.15, 0.2) is 126 Å². The fourth-order valence-corrected chi connectivity index (χ4v) is 4.59. The lowest BCUT2D eigenvalue weighted by atomic mass is 9.98. The minimum Gasteiger partial charge on any atom is -0.452 e. The molecule has 0 aliphatic carbocycles.